The number of tetrazole rings is 1. The molecule has 0 saturated carbocycles. The summed E-state index contributed by atoms with van der Waals surface area (Å²) in [6.45, 7) is 5.36. The Morgan fingerprint density at radius 2 is 2.29 bits per heavy atom. The Balaban J connectivity index is 2.08. The molecule has 0 aliphatic rings. The lowest BCUT2D eigenvalue weighted by Crippen LogP contribution is -2.23. The van der Waals surface area contributed by atoms with E-state index in [4.69, 9.17) is 0 Å². The van der Waals surface area contributed by atoms with Crippen LogP contribution < -0.4 is 5.32 Å². The molecule has 0 atom stereocenters. The lowest BCUT2D eigenvalue weighted by molar-refractivity contribution is 0.585. The Bertz CT molecular complexity index is 260. The summed E-state index contributed by atoms with van der Waals surface area (Å²) in [7, 11) is 1.86. The van der Waals surface area contributed by atoms with Gasteiger partial charge >= 0.3 is 0 Å². The summed E-state index contributed by atoms with van der Waals surface area (Å²) in [6.07, 6.45) is 1.13. The molecule has 1 aromatic heterocycles. The fourth-order valence-corrected chi connectivity index (χ4v) is 1.76. The van der Waals surface area contributed by atoms with Gasteiger partial charge in [0.15, 0.2) is 0 Å². The maximum absolute atomic E-state index is 3.89. The molecule has 0 aromatic carbocycles. The van der Waals surface area contributed by atoms with Crippen LogP contribution in [0.2, 0.25) is 0 Å². The van der Waals surface area contributed by atoms with Crippen LogP contribution in [0.1, 0.15) is 20.3 Å². The zero-order valence-electron chi connectivity index (χ0n) is 8.90. The Hall–Kier alpha value is -0.620. The van der Waals surface area contributed by atoms with Crippen molar-refractivity contribution in [3.8, 4) is 0 Å². The van der Waals surface area contributed by atoms with E-state index in [-0.39, 0.29) is 0 Å². The number of nitrogens with one attached hydrogen (secondary N) is 1. The molecule has 1 rings (SSSR count). The number of hydrogen-bond acceptors (Lipinski definition) is 5. The third-order valence-electron chi connectivity index (χ3n) is 1.69. The molecule has 6 heteroatoms. The van der Waals surface area contributed by atoms with Gasteiger partial charge in [0.25, 0.3) is 0 Å². The zero-order chi connectivity index (χ0) is 10.4. The zero-order valence-corrected chi connectivity index (χ0v) is 9.71. The molecule has 0 bridgehead atoms. The van der Waals surface area contributed by atoms with Gasteiger partial charge in [0.1, 0.15) is 0 Å². The molecule has 0 amide bonds. The Morgan fingerprint density at radius 1 is 1.50 bits per heavy atom. The summed E-state index contributed by atoms with van der Waals surface area (Å²) < 4.78 is 1.69. The lowest BCUT2D eigenvalue weighted by atomic mass is 10.4. The topological polar surface area (TPSA) is 55.6 Å². The van der Waals surface area contributed by atoms with Crippen molar-refractivity contribution in [2.24, 2.45) is 7.05 Å². The van der Waals surface area contributed by atoms with Gasteiger partial charge in [-0.05, 0) is 23.4 Å². The van der Waals surface area contributed by atoms with E-state index >= 15 is 0 Å². The van der Waals surface area contributed by atoms with Crippen LogP contribution in [-0.2, 0) is 7.05 Å². The molecule has 1 aromatic rings. The van der Waals surface area contributed by atoms with Crippen LogP contribution in [0.5, 0.6) is 0 Å². The van der Waals surface area contributed by atoms with Gasteiger partial charge in [-0.3, -0.25) is 0 Å². The number of aryl methyl sites for hydroxylation is 1. The Kier molecular flexibility index (Phi) is 4.89. The van der Waals surface area contributed by atoms with Crippen molar-refractivity contribution in [3.63, 3.8) is 0 Å². The van der Waals surface area contributed by atoms with Crippen molar-refractivity contribution in [1.29, 1.82) is 0 Å². The first-order chi connectivity index (χ1) is 6.70. The van der Waals surface area contributed by atoms with Gasteiger partial charge in [-0.2, -0.15) is 0 Å². The van der Waals surface area contributed by atoms with Crippen molar-refractivity contribution in [2.45, 2.75) is 31.5 Å². The highest BCUT2D eigenvalue weighted by molar-refractivity contribution is 7.99. The van der Waals surface area contributed by atoms with Crippen LogP contribution in [0.15, 0.2) is 5.16 Å². The molecule has 1 N–H and O–H groups in total. The van der Waals surface area contributed by atoms with Crippen molar-refractivity contribution < 1.29 is 0 Å². The van der Waals surface area contributed by atoms with Crippen molar-refractivity contribution in [1.82, 2.24) is 25.5 Å². The second kappa shape index (κ2) is 5.98. The minimum atomic E-state index is 0.566. The predicted octanol–water partition coefficient (Wildman–Crippen LogP) is 0.690. The number of thioether (sulfide) groups is 1. The summed E-state index contributed by atoms with van der Waals surface area (Å²) in [4.78, 5) is 0. The van der Waals surface area contributed by atoms with Gasteiger partial charge in [0.05, 0.1) is 0 Å². The normalized spacial score (nSPS) is 11.1. The number of hydrogen-bond donors (Lipinski definition) is 1. The lowest BCUT2D eigenvalue weighted by Gasteiger charge is -2.06. The van der Waals surface area contributed by atoms with E-state index in [0.29, 0.717) is 6.04 Å². The fourth-order valence-electron chi connectivity index (χ4n) is 0.970. The van der Waals surface area contributed by atoms with E-state index in [1.54, 1.807) is 16.4 Å². The molecule has 0 spiro atoms. The average Bonchev–Trinajstić information content (AvgIpc) is 2.51. The first-order valence-corrected chi connectivity index (χ1v) is 5.77. The van der Waals surface area contributed by atoms with Crippen LogP contribution >= 0.6 is 11.8 Å². The van der Waals surface area contributed by atoms with Crippen LogP contribution in [0.3, 0.4) is 0 Å². The molecule has 0 radical (unpaired) electrons. The summed E-state index contributed by atoms with van der Waals surface area (Å²) in [5, 5.41) is 15.5. The third kappa shape index (κ3) is 4.06. The molecule has 0 fully saturated rings. The van der Waals surface area contributed by atoms with Gasteiger partial charge < -0.3 is 5.32 Å². The quantitative estimate of drug-likeness (QED) is 0.559. The summed E-state index contributed by atoms with van der Waals surface area (Å²) in [5.74, 6) is 1.05. The first-order valence-electron chi connectivity index (χ1n) is 4.78. The molecule has 0 saturated heterocycles. The number of rotatable bonds is 6. The van der Waals surface area contributed by atoms with Gasteiger partial charge in [0.2, 0.25) is 5.16 Å². The molecule has 1 heterocycles. The van der Waals surface area contributed by atoms with Gasteiger partial charge in [-0.25, -0.2) is 4.68 Å². The highest BCUT2D eigenvalue weighted by Crippen LogP contribution is 2.12. The minimum absolute atomic E-state index is 0.566. The van der Waals surface area contributed by atoms with Gasteiger partial charge in [-0.15, -0.1) is 5.10 Å². The SMILES string of the molecule is CC(C)NCCCSc1nnnn1C. The summed E-state index contributed by atoms with van der Waals surface area (Å²) >= 11 is 1.69. The van der Waals surface area contributed by atoms with Crippen molar-refractivity contribution in [3.05, 3.63) is 0 Å². The second-order valence-corrected chi connectivity index (χ2v) is 4.46. The average molecular weight is 215 g/mol. The maximum atomic E-state index is 3.89. The molecule has 14 heavy (non-hydrogen) atoms. The highest BCUT2D eigenvalue weighted by Gasteiger charge is 2.01. The van der Waals surface area contributed by atoms with E-state index in [1.165, 1.54) is 0 Å². The largest absolute Gasteiger partial charge is 0.315 e. The molecule has 0 aliphatic heterocycles. The molecular formula is C8H17N5S. The first kappa shape index (κ1) is 11.5. The standard InChI is InChI=1S/C8H17N5S/c1-7(2)9-5-4-6-14-8-10-11-12-13(8)3/h7,9H,4-6H2,1-3H3. The maximum Gasteiger partial charge on any atom is 0.209 e. The van der Waals surface area contributed by atoms with Crippen LogP contribution in [-0.4, -0.2) is 38.5 Å². The molecule has 0 aliphatic carbocycles. The van der Waals surface area contributed by atoms with E-state index in [2.05, 4.69) is 34.7 Å². The minimum Gasteiger partial charge on any atom is -0.315 e. The Morgan fingerprint density at radius 3 is 2.86 bits per heavy atom. The predicted molar refractivity (Wildman–Crippen MR) is 57.3 cm³/mol. The molecule has 5 nitrogen and oxygen atoms in total. The summed E-state index contributed by atoms with van der Waals surface area (Å²) in [5.41, 5.74) is 0. The van der Waals surface area contributed by atoms with Gasteiger partial charge in [-0.1, -0.05) is 25.6 Å². The third-order valence-corrected chi connectivity index (χ3v) is 2.78. The molecular weight excluding hydrogens is 198 g/mol. The monoisotopic (exact) mass is 215 g/mol. The second-order valence-electron chi connectivity index (χ2n) is 3.40. The smallest absolute Gasteiger partial charge is 0.209 e. The van der Waals surface area contributed by atoms with Crippen molar-refractivity contribution in [2.75, 3.05) is 12.3 Å². The number of aromatic nitrogens is 4. The van der Waals surface area contributed by atoms with E-state index in [9.17, 15) is 0 Å². The van der Waals surface area contributed by atoms with E-state index in [1.807, 2.05) is 7.05 Å². The molecule has 0 unspecified atom stereocenters. The molecule has 80 valence electrons. The number of nitrogens with zero attached hydrogens (tertiary/aromatic N) is 4. The van der Waals surface area contributed by atoms with E-state index in [0.717, 1.165) is 23.9 Å². The van der Waals surface area contributed by atoms with Crippen LogP contribution in [0, 0.1) is 0 Å². The Labute approximate surface area is 88.6 Å². The fraction of sp³-hybridized carbons (Fsp3) is 0.875. The van der Waals surface area contributed by atoms with Crippen LogP contribution in [0.25, 0.3) is 0 Å². The van der Waals surface area contributed by atoms with Gasteiger partial charge in [0, 0.05) is 18.8 Å². The highest BCUT2D eigenvalue weighted by atomic mass is 32.2. The summed E-state index contributed by atoms with van der Waals surface area (Å²) in [6, 6.07) is 0.566. The van der Waals surface area contributed by atoms with Crippen molar-refractivity contribution >= 4 is 11.8 Å². The van der Waals surface area contributed by atoms with E-state index < -0.39 is 0 Å². The van der Waals surface area contributed by atoms with Crippen LogP contribution in [0.4, 0.5) is 0 Å².